The van der Waals surface area contributed by atoms with Crippen molar-refractivity contribution in [3.05, 3.63) is 29.6 Å². The van der Waals surface area contributed by atoms with Gasteiger partial charge in [0.1, 0.15) is 11.8 Å². The van der Waals surface area contributed by atoms with E-state index in [9.17, 15) is 4.79 Å². The molecule has 0 saturated carbocycles. The van der Waals surface area contributed by atoms with Gasteiger partial charge in [0.15, 0.2) is 0 Å². The van der Waals surface area contributed by atoms with E-state index >= 15 is 0 Å². The van der Waals surface area contributed by atoms with Crippen molar-refractivity contribution in [2.45, 2.75) is 13.0 Å². The lowest BCUT2D eigenvalue weighted by Gasteiger charge is -2.15. The maximum atomic E-state index is 10.4. The third-order valence-electron chi connectivity index (χ3n) is 2.14. The normalized spacial score (nSPS) is 10.1. The van der Waals surface area contributed by atoms with Crippen LogP contribution in [0.4, 0.5) is 0 Å². The average molecular weight is 219 g/mol. The summed E-state index contributed by atoms with van der Waals surface area (Å²) in [6.45, 7) is 0.985. The summed E-state index contributed by atoms with van der Waals surface area (Å²) >= 11 is 0. The predicted molar refractivity (Wildman–Crippen MR) is 57.5 cm³/mol. The van der Waals surface area contributed by atoms with E-state index in [-0.39, 0.29) is 6.42 Å². The van der Waals surface area contributed by atoms with Gasteiger partial charge in [0.2, 0.25) is 0 Å². The summed E-state index contributed by atoms with van der Waals surface area (Å²) in [5.74, 6) is -0.821. The summed E-state index contributed by atoms with van der Waals surface area (Å²) in [5, 5.41) is 17.4. The lowest BCUT2D eigenvalue weighted by Crippen LogP contribution is -2.22. The van der Waals surface area contributed by atoms with Crippen LogP contribution in [0.3, 0.4) is 0 Å². The molecule has 0 amide bonds. The molecule has 16 heavy (non-hydrogen) atoms. The molecule has 1 aromatic rings. The number of carboxylic acid groups (broad SMARTS) is 1. The topological polar surface area (TPSA) is 77.2 Å². The van der Waals surface area contributed by atoms with Gasteiger partial charge >= 0.3 is 5.97 Å². The Morgan fingerprint density at radius 2 is 2.44 bits per heavy atom. The Morgan fingerprint density at radius 1 is 1.69 bits per heavy atom. The van der Waals surface area contributed by atoms with Crippen molar-refractivity contribution in [1.29, 1.82) is 5.26 Å². The summed E-state index contributed by atoms with van der Waals surface area (Å²) in [6, 6.07) is 5.60. The fourth-order valence-electron chi connectivity index (χ4n) is 1.32. The van der Waals surface area contributed by atoms with Crippen molar-refractivity contribution in [1.82, 2.24) is 9.88 Å². The molecule has 84 valence electrons. The van der Waals surface area contributed by atoms with Crippen molar-refractivity contribution in [3.8, 4) is 6.07 Å². The second-order valence-corrected chi connectivity index (χ2v) is 3.50. The first-order valence-corrected chi connectivity index (χ1v) is 4.88. The van der Waals surface area contributed by atoms with E-state index in [0.29, 0.717) is 18.8 Å². The number of nitriles is 1. The van der Waals surface area contributed by atoms with E-state index < -0.39 is 5.97 Å². The van der Waals surface area contributed by atoms with Crippen LogP contribution in [0.25, 0.3) is 0 Å². The van der Waals surface area contributed by atoms with Crippen molar-refractivity contribution >= 4 is 5.97 Å². The number of pyridine rings is 1. The highest BCUT2D eigenvalue weighted by Gasteiger charge is 2.07. The minimum absolute atomic E-state index is 0.0959. The Labute approximate surface area is 93.9 Å². The summed E-state index contributed by atoms with van der Waals surface area (Å²) in [5.41, 5.74) is 1.21. The highest BCUT2D eigenvalue weighted by atomic mass is 16.4. The molecule has 1 aromatic heterocycles. The van der Waals surface area contributed by atoms with Gasteiger partial charge in [-0.2, -0.15) is 5.26 Å². The minimum atomic E-state index is -0.821. The number of carbonyl (C=O) groups is 1. The van der Waals surface area contributed by atoms with Crippen molar-refractivity contribution in [3.63, 3.8) is 0 Å². The average Bonchev–Trinajstić information content (AvgIpc) is 2.27. The van der Waals surface area contributed by atoms with Crippen molar-refractivity contribution < 1.29 is 9.90 Å². The van der Waals surface area contributed by atoms with Gasteiger partial charge in [0, 0.05) is 24.8 Å². The minimum Gasteiger partial charge on any atom is -0.481 e. The van der Waals surface area contributed by atoms with Crippen molar-refractivity contribution in [2.75, 3.05) is 13.6 Å². The fraction of sp³-hybridized carbons (Fsp3) is 0.364. The van der Waals surface area contributed by atoms with Crippen LogP contribution in [0.5, 0.6) is 0 Å². The van der Waals surface area contributed by atoms with Crippen LogP contribution in [0, 0.1) is 11.3 Å². The monoisotopic (exact) mass is 219 g/mol. The molecule has 0 saturated heterocycles. The molecule has 0 aromatic carbocycles. The molecule has 1 N–H and O–H groups in total. The third kappa shape index (κ3) is 3.67. The summed E-state index contributed by atoms with van der Waals surface area (Å²) in [6.07, 6.45) is 1.66. The molecule has 0 unspecified atom stereocenters. The predicted octanol–water partition coefficient (Wildman–Crippen LogP) is 0.860. The lowest BCUT2D eigenvalue weighted by molar-refractivity contribution is -0.137. The fourth-order valence-corrected chi connectivity index (χ4v) is 1.32. The van der Waals surface area contributed by atoms with Gasteiger partial charge in [0.05, 0.1) is 6.42 Å². The lowest BCUT2D eigenvalue weighted by atomic mass is 10.2. The molecule has 0 aliphatic carbocycles. The molecular weight excluding hydrogens is 206 g/mol. The van der Waals surface area contributed by atoms with Gasteiger partial charge in [-0.3, -0.25) is 4.79 Å². The van der Waals surface area contributed by atoms with Crippen LogP contribution < -0.4 is 0 Å². The largest absolute Gasteiger partial charge is 0.481 e. The molecular formula is C11H13N3O2. The van der Waals surface area contributed by atoms with E-state index in [1.807, 2.05) is 24.1 Å². The van der Waals surface area contributed by atoms with Crippen LogP contribution in [0.2, 0.25) is 0 Å². The van der Waals surface area contributed by atoms with Crippen LogP contribution in [0.15, 0.2) is 18.3 Å². The van der Waals surface area contributed by atoms with Gasteiger partial charge in [0.25, 0.3) is 0 Å². The molecule has 0 atom stereocenters. The molecule has 1 rings (SSSR count). The summed E-state index contributed by atoms with van der Waals surface area (Å²) in [7, 11) is 1.82. The molecule has 5 nitrogen and oxygen atoms in total. The highest BCUT2D eigenvalue weighted by molar-refractivity contribution is 5.66. The quantitative estimate of drug-likeness (QED) is 0.794. The molecule has 0 radical (unpaired) electrons. The van der Waals surface area contributed by atoms with Gasteiger partial charge in [-0.15, -0.1) is 0 Å². The van der Waals surface area contributed by atoms with Gasteiger partial charge in [-0.1, -0.05) is 6.07 Å². The second kappa shape index (κ2) is 5.83. The number of nitrogens with zero attached hydrogens (tertiary/aromatic N) is 3. The Balaban J connectivity index is 2.59. The highest BCUT2D eigenvalue weighted by Crippen LogP contribution is 2.07. The van der Waals surface area contributed by atoms with Gasteiger partial charge < -0.3 is 10.0 Å². The molecule has 0 spiro atoms. The smallest absolute Gasteiger partial charge is 0.304 e. The number of hydrogen-bond acceptors (Lipinski definition) is 4. The zero-order valence-electron chi connectivity index (χ0n) is 9.05. The maximum Gasteiger partial charge on any atom is 0.304 e. The SMILES string of the molecule is CN(CCC(=O)O)Cc1cccnc1C#N. The Kier molecular flexibility index (Phi) is 4.42. The van der Waals surface area contributed by atoms with Crippen LogP contribution in [0.1, 0.15) is 17.7 Å². The van der Waals surface area contributed by atoms with Crippen LogP contribution in [-0.4, -0.2) is 34.6 Å². The summed E-state index contributed by atoms with van der Waals surface area (Å²) < 4.78 is 0. The number of hydrogen-bond donors (Lipinski definition) is 1. The number of carboxylic acids is 1. The first kappa shape index (κ1) is 12.1. The standard InChI is InChI=1S/C11H13N3O2/c1-14(6-4-11(15)16)8-9-3-2-5-13-10(9)7-12/h2-3,5H,4,6,8H2,1H3,(H,15,16). The first-order chi connectivity index (χ1) is 7.63. The molecule has 0 aliphatic heterocycles. The molecule has 0 aliphatic rings. The van der Waals surface area contributed by atoms with E-state index in [2.05, 4.69) is 4.98 Å². The molecule has 5 heteroatoms. The maximum absolute atomic E-state index is 10.4. The molecule has 0 bridgehead atoms. The number of rotatable bonds is 5. The van der Waals surface area contributed by atoms with E-state index in [1.165, 1.54) is 0 Å². The molecule has 0 fully saturated rings. The molecule has 1 heterocycles. The Hall–Kier alpha value is -1.93. The van der Waals surface area contributed by atoms with Gasteiger partial charge in [-0.25, -0.2) is 4.98 Å². The van der Waals surface area contributed by atoms with Gasteiger partial charge in [-0.05, 0) is 13.1 Å². The first-order valence-electron chi connectivity index (χ1n) is 4.88. The van der Waals surface area contributed by atoms with E-state index in [0.717, 1.165) is 5.56 Å². The Bertz CT molecular complexity index is 412. The zero-order valence-corrected chi connectivity index (χ0v) is 9.05. The van der Waals surface area contributed by atoms with Crippen LogP contribution >= 0.6 is 0 Å². The van der Waals surface area contributed by atoms with Crippen LogP contribution in [-0.2, 0) is 11.3 Å². The van der Waals surface area contributed by atoms with Crippen molar-refractivity contribution in [2.24, 2.45) is 0 Å². The van der Waals surface area contributed by atoms with E-state index in [4.69, 9.17) is 10.4 Å². The summed E-state index contributed by atoms with van der Waals surface area (Å²) in [4.78, 5) is 16.2. The number of aliphatic carboxylic acids is 1. The Morgan fingerprint density at radius 3 is 3.06 bits per heavy atom. The van der Waals surface area contributed by atoms with E-state index in [1.54, 1.807) is 12.3 Å². The number of aromatic nitrogens is 1. The zero-order chi connectivity index (χ0) is 12.0. The third-order valence-corrected chi connectivity index (χ3v) is 2.14. The second-order valence-electron chi connectivity index (χ2n) is 3.50.